The molecule has 1 aliphatic rings. The number of nitrogens with zero attached hydrogens (tertiary/aromatic N) is 2. The summed E-state index contributed by atoms with van der Waals surface area (Å²) in [4.78, 5) is 0. The highest BCUT2D eigenvalue weighted by molar-refractivity contribution is 6.30. The highest BCUT2D eigenvalue weighted by atomic mass is 35.5. The van der Waals surface area contributed by atoms with Crippen LogP contribution < -0.4 is 5.32 Å². The van der Waals surface area contributed by atoms with Gasteiger partial charge in [0, 0.05) is 29.4 Å². The van der Waals surface area contributed by atoms with E-state index < -0.39 is 0 Å². The van der Waals surface area contributed by atoms with Crippen molar-refractivity contribution >= 4 is 11.6 Å². The Bertz CT molecular complexity index is 851. The van der Waals surface area contributed by atoms with E-state index in [1.807, 2.05) is 30.1 Å². The second-order valence-corrected chi connectivity index (χ2v) is 6.85. The third-order valence-corrected chi connectivity index (χ3v) is 5.07. The maximum Gasteiger partial charge on any atom is 0.0663 e. The first-order valence-electron chi connectivity index (χ1n) is 8.27. The van der Waals surface area contributed by atoms with Crippen molar-refractivity contribution in [2.24, 2.45) is 0 Å². The van der Waals surface area contributed by atoms with E-state index in [0.717, 1.165) is 30.1 Å². The van der Waals surface area contributed by atoms with Crippen LogP contribution >= 0.6 is 11.6 Å². The Hall–Kier alpha value is -2.10. The molecule has 1 saturated carbocycles. The molecule has 0 aliphatic heterocycles. The van der Waals surface area contributed by atoms with Gasteiger partial charge < -0.3 is 5.32 Å². The van der Waals surface area contributed by atoms with Gasteiger partial charge in [0.25, 0.3) is 0 Å². The maximum atomic E-state index is 6.44. The average Bonchev–Trinajstić information content (AvgIpc) is 3.21. The lowest BCUT2D eigenvalue weighted by Crippen LogP contribution is -2.16. The summed E-state index contributed by atoms with van der Waals surface area (Å²) >= 11 is 6.44. The molecule has 0 amide bonds. The molecule has 0 unspecified atom stereocenters. The highest BCUT2D eigenvalue weighted by Gasteiger charge is 2.47. The van der Waals surface area contributed by atoms with Crippen LogP contribution in [0.5, 0.6) is 0 Å². The SMILES string of the molecule is CNCc1ccccc1C1(c2cc(Cl)cc(-n3cccn3)c2)CC1. The first-order valence-corrected chi connectivity index (χ1v) is 8.65. The summed E-state index contributed by atoms with van der Waals surface area (Å²) in [7, 11) is 1.99. The summed E-state index contributed by atoms with van der Waals surface area (Å²) in [6.45, 7) is 0.879. The van der Waals surface area contributed by atoms with E-state index in [0.29, 0.717) is 0 Å². The van der Waals surface area contributed by atoms with E-state index in [9.17, 15) is 0 Å². The third kappa shape index (κ3) is 2.64. The number of rotatable bonds is 5. The molecule has 24 heavy (non-hydrogen) atoms. The van der Waals surface area contributed by atoms with Gasteiger partial charge in [0.2, 0.25) is 0 Å². The van der Waals surface area contributed by atoms with Crippen LogP contribution in [0.15, 0.2) is 60.9 Å². The van der Waals surface area contributed by atoms with Gasteiger partial charge in [-0.25, -0.2) is 4.68 Å². The van der Waals surface area contributed by atoms with Gasteiger partial charge in [0.15, 0.2) is 0 Å². The molecular formula is C20H20ClN3. The van der Waals surface area contributed by atoms with Gasteiger partial charge in [-0.3, -0.25) is 0 Å². The van der Waals surface area contributed by atoms with Crippen molar-refractivity contribution in [2.75, 3.05) is 7.05 Å². The Morgan fingerprint density at radius 2 is 2.00 bits per heavy atom. The monoisotopic (exact) mass is 337 g/mol. The molecule has 4 rings (SSSR count). The second-order valence-electron chi connectivity index (χ2n) is 6.42. The number of hydrogen-bond acceptors (Lipinski definition) is 2. The summed E-state index contributed by atoms with van der Waals surface area (Å²) in [5.74, 6) is 0. The molecule has 1 aromatic heterocycles. The first-order chi connectivity index (χ1) is 11.7. The van der Waals surface area contributed by atoms with Crippen molar-refractivity contribution in [2.45, 2.75) is 24.8 Å². The standard InChI is InChI=1S/C20H20ClN3/c1-22-14-15-5-2-3-6-19(15)20(7-8-20)16-11-17(21)13-18(12-16)24-10-4-9-23-24/h2-6,9-13,22H,7-8,14H2,1H3. The van der Waals surface area contributed by atoms with Crippen LogP contribution in [0.1, 0.15) is 29.5 Å². The van der Waals surface area contributed by atoms with Gasteiger partial charge in [0.05, 0.1) is 5.69 Å². The van der Waals surface area contributed by atoms with Crippen LogP contribution in [-0.2, 0) is 12.0 Å². The Kier molecular flexibility index (Phi) is 3.91. The van der Waals surface area contributed by atoms with Crippen LogP contribution in [0.2, 0.25) is 5.02 Å². The molecule has 1 heterocycles. The molecule has 0 bridgehead atoms. The summed E-state index contributed by atoms with van der Waals surface area (Å²) in [5, 5.41) is 8.38. The number of nitrogens with one attached hydrogen (secondary N) is 1. The van der Waals surface area contributed by atoms with Crippen molar-refractivity contribution in [3.05, 3.63) is 82.6 Å². The maximum absolute atomic E-state index is 6.44. The topological polar surface area (TPSA) is 29.9 Å². The van der Waals surface area contributed by atoms with E-state index >= 15 is 0 Å². The van der Waals surface area contributed by atoms with E-state index in [2.05, 4.69) is 46.8 Å². The van der Waals surface area contributed by atoms with E-state index in [4.69, 9.17) is 11.6 Å². The van der Waals surface area contributed by atoms with E-state index in [-0.39, 0.29) is 5.41 Å². The number of benzene rings is 2. The zero-order valence-corrected chi connectivity index (χ0v) is 14.4. The third-order valence-electron chi connectivity index (χ3n) is 4.85. The molecule has 2 aromatic carbocycles. The fraction of sp³-hybridized carbons (Fsp3) is 0.250. The molecule has 3 nitrogen and oxygen atoms in total. The van der Waals surface area contributed by atoms with E-state index in [1.165, 1.54) is 16.7 Å². The Labute approximate surface area is 147 Å². The second kappa shape index (κ2) is 6.08. The first kappa shape index (κ1) is 15.4. The zero-order chi connectivity index (χ0) is 16.6. The fourth-order valence-corrected chi connectivity index (χ4v) is 3.80. The summed E-state index contributed by atoms with van der Waals surface area (Å²) in [5.41, 5.74) is 5.15. The van der Waals surface area contributed by atoms with Gasteiger partial charge in [-0.15, -0.1) is 0 Å². The molecule has 4 heteroatoms. The van der Waals surface area contributed by atoms with Crippen molar-refractivity contribution in [1.29, 1.82) is 0 Å². The molecule has 1 fully saturated rings. The van der Waals surface area contributed by atoms with Crippen molar-refractivity contribution in [3.63, 3.8) is 0 Å². The van der Waals surface area contributed by atoms with Crippen molar-refractivity contribution in [1.82, 2.24) is 15.1 Å². The van der Waals surface area contributed by atoms with Crippen molar-refractivity contribution < 1.29 is 0 Å². The fourth-order valence-electron chi connectivity index (χ4n) is 3.57. The number of aromatic nitrogens is 2. The minimum absolute atomic E-state index is 0.0836. The van der Waals surface area contributed by atoms with E-state index in [1.54, 1.807) is 6.20 Å². The quantitative estimate of drug-likeness (QED) is 0.751. The predicted octanol–water partition coefficient (Wildman–Crippen LogP) is 4.33. The predicted molar refractivity (Wildman–Crippen MR) is 97.8 cm³/mol. The lowest BCUT2D eigenvalue weighted by Gasteiger charge is -2.21. The zero-order valence-electron chi connectivity index (χ0n) is 13.7. The summed E-state index contributed by atoms with van der Waals surface area (Å²) in [6, 6.07) is 16.9. The minimum Gasteiger partial charge on any atom is -0.316 e. The lowest BCUT2D eigenvalue weighted by molar-refractivity contribution is 0.765. The molecule has 0 saturated heterocycles. The highest BCUT2D eigenvalue weighted by Crippen LogP contribution is 2.55. The van der Waals surface area contributed by atoms with Crippen LogP contribution in [0.4, 0.5) is 0 Å². The van der Waals surface area contributed by atoms with Gasteiger partial charge in [-0.05, 0) is 60.8 Å². The van der Waals surface area contributed by atoms with Crippen LogP contribution in [-0.4, -0.2) is 16.8 Å². The molecule has 3 aromatic rings. The van der Waals surface area contributed by atoms with Gasteiger partial charge >= 0.3 is 0 Å². The molecule has 0 radical (unpaired) electrons. The number of halogens is 1. The molecule has 122 valence electrons. The molecule has 0 atom stereocenters. The van der Waals surface area contributed by atoms with Gasteiger partial charge in [-0.1, -0.05) is 35.9 Å². The van der Waals surface area contributed by atoms with Gasteiger partial charge in [0.1, 0.15) is 0 Å². The lowest BCUT2D eigenvalue weighted by atomic mass is 9.85. The normalized spacial score (nSPS) is 15.4. The Balaban J connectivity index is 1.81. The van der Waals surface area contributed by atoms with Gasteiger partial charge in [-0.2, -0.15) is 5.10 Å². The minimum atomic E-state index is 0.0836. The number of hydrogen-bond donors (Lipinski definition) is 1. The Morgan fingerprint density at radius 1 is 1.17 bits per heavy atom. The van der Waals surface area contributed by atoms with Crippen LogP contribution in [0, 0.1) is 0 Å². The average molecular weight is 338 g/mol. The smallest absolute Gasteiger partial charge is 0.0663 e. The van der Waals surface area contributed by atoms with Crippen LogP contribution in [0.25, 0.3) is 5.69 Å². The summed E-state index contributed by atoms with van der Waals surface area (Å²) < 4.78 is 1.87. The van der Waals surface area contributed by atoms with Crippen LogP contribution in [0.3, 0.4) is 0 Å². The Morgan fingerprint density at radius 3 is 2.71 bits per heavy atom. The largest absolute Gasteiger partial charge is 0.316 e. The summed E-state index contributed by atoms with van der Waals surface area (Å²) in [6.07, 6.45) is 6.05. The molecule has 1 aliphatic carbocycles. The molecule has 0 spiro atoms. The molecule has 1 N–H and O–H groups in total. The molecular weight excluding hydrogens is 318 g/mol. The van der Waals surface area contributed by atoms with Crippen molar-refractivity contribution in [3.8, 4) is 5.69 Å².